The SMILES string of the molecule is Cc1cc(C(F)(F)F)n(C[C@@H](C)C#N)n1. The molecule has 1 rings (SSSR count). The molecule has 0 bridgehead atoms. The molecular formula is C9H10F3N3. The van der Waals surface area contributed by atoms with Gasteiger partial charge in [-0.15, -0.1) is 0 Å². The lowest BCUT2D eigenvalue weighted by molar-refractivity contribution is -0.144. The monoisotopic (exact) mass is 217 g/mol. The summed E-state index contributed by atoms with van der Waals surface area (Å²) in [5.74, 6) is -0.495. The van der Waals surface area contributed by atoms with Crippen molar-refractivity contribution in [1.29, 1.82) is 5.26 Å². The van der Waals surface area contributed by atoms with Crippen molar-refractivity contribution >= 4 is 0 Å². The van der Waals surface area contributed by atoms with Crippen LogP contribution in [-0.2, 0) is 12.7 Å². The Bertz CT molecular complexity index is 386. The van der Waals surface area contributed by atoms with E-state index in [-0.39, 0.29) is 6.54 Å². The van der Waals surface area contributed by atoms with E-state index in [9.17, 15) is 13.2 Å². The first-order chi connectivity index (χ1) is 6.84. The molecule has 0 aliphatic carbocycles. The lowest BCUT2D eigenvalue weighted by Gasteiger charge is -2.10. The topological polar surface area (TPSA) is 41.6 Å². The van der Waals surface area contributed by atoms with Gasteiger partial charge in [0.15, 0.2) is 0 Å². The summed E-state index contributed by atoms with van der Waals surface area (Å²) in [5.41, 5.74) is -0.505. The quantitative estimate of drug-likeness (QED) is 0.763. The highest BCUT2D eigenvalue weighted by Gasteiger charge is 2.35. The molecule has 1 aromatic rings. The Morgan fingerprint density at radius 1 is 1.60 bits per heavy atom. The van der Waals surface area contributed by atoms with Crippen molar-refractivity contribution in [2.45, 2.75) is 26.6 Å². The summed E-state index contributed by atoms with van der Waals surface area (Å²) >= 11 is 0. The maximum atomic E-state index is 12.5. The normalized spacial score (nSPS) is 13.6. The molecule has 6 heteroatoms. The standard InChI is InChI=1S/C9H10F3N3/c1-6(4-13)5-15-8(9(10,11)12)3-7(2)14-15/h3,6H,5H2,1-2H3/t6-/m0/s1. The average molecular weight is 217 g/mol. The van der Waals surface area contributed by atoms with Gasteiger partial charge in [-0.05, 0) is 19.9 Å². The van der Waals surface area contributed by atoms with Gasteiger partial charge in [0.05, 0.1) is 24.2 Å². The number of hydrogen-bond acceptors (Lipinski definition) is 2. The molecule has 0 amide bonds. The van der Waals surface area contributed by atoms with Crippen molar-refractivity contribution < 1.29 is 13.2 Å². The smallest absolute Gasteiger partial charge is 0.259 e. The molecule has 3 nitrogen and oxygen atoms in total. The van der Waals surface area contributed by atoms with Gasteiger partial charge in [-0.3, -0.25) is 4.68 Å². The van der Waals surface area contributed by atoms with Crippen molar-refractivity contribution in [2.75, 3.05) is 0 Å². The van der Waals surface area contributed by atoms with Crippen LogP contribution in [0.15, 0.2) is 6.07 Å². The van der Waals surface area contributed by atoms with Gasteiger partial charge < -0.3 is 0 Å². The van der Waals surface area contributed by atoms with Crippen molar-refractivity contribution in [2.24, 2.45) is 5.92 Å². The van der Waals surface area contributed by atoms with Gasteiger partial charge in [-0.25, -0.2) is 0 Å². The Hall–Kier alpha value is -1.51. The van der Waals surface area contributed by atoms with Crippen LogP contribution in [0, 0.1) is 24.2 Å². The number of alkyl halides is 3. The van der Waals surface area contributed by atoms with Crippen molar-refractivity contribution in [3.63, 3.8) is 0 Å². The predicted molar refractivity (Wildman–Crippen MR) is 46.7 cm³/mol. The minimum atomic E-state index is -4.42. The number of hydrogen-bond donors (Lipinski definition) is 0. The van der Waals surface area contributed by atoms with Crippen LogP contribution in [-0.4, -0.2) is 9.78 Å². The zero-order valence-electron chi connectivity index (χ0n) is 8.34. The third-order valence-electron chi connectivity index (χ3n) is 1.86. The molecule has 0 unspecified atom stereocenters. The molecule has 0 aliphatic rings. The van der Waals surface area contributed by atoms with E-state index in [1.807, 2.05) is 6.07 Å². The summed E-state index contributed by atoms with van der Waals surface area (Å²) < 4.78 is 38.3. The average Bonchev–Trinajstić information content (AvgIpc) is 2.45. The number of aromatic nitrogens is 2. The van der Waals surface area contributed by atoms with Gasteiger partial charge in [0.1, 0.15) is 5.69 Å². The first kappa shape index (κ1) is 11.6. The number of nitriles is 1. The molecule has 0 fully saturated rings. The predicted octanol–water partition coefficient (Wildman–Crippen LogP) is 2.37. The number of rotatable bonds is 2. The van der Waals surface area contributed by atoms with Gasteiger partial charge in [0.2, 0.25) is 0 Å². The number of halogens is 3. The second-order valence-corrected chi connectivity index (χ2v) is 3.38. The summed E-state index contributed by atoms with van der Waals surface area (Å²) in [6.07, 6.45) is -4.42. The maximum absolute atomic E-state index is 12.5. The van der Waals surface area contributed by atoms with Crippen LogP contribution in [0.3, 0.4) is 0 Å². The third kappa shape index (κ3) is 2.72. The van der Waals surface area contributed by atoms with Gasteiger partial charge >= 0.3 is 6.18 Å². The second-order valence-electron chi connectivity index (χ2n) is 3.38. The molecule has 0 aliphatic heterocycles. The van der Waals surface area contributed by atoms with Crippen molar-refractivity contribution in [1.82, 2.24) is 9.78 Å². The van der Waals surface area contributed by atoms with E-state index in [2.05, 4.69) is 5.10 Å². The Balaban J connectivity index is 3.03. The van der Waals surface area contributed by atoms with Crippen LogP contribution in [0.25, 0.3) is 0 Å². The molecule has 0 N–H and O–H groups in total. The van der Waals surface area contributed by atoms with Gasteiger partial charge in [0.25, 0.3) is 0 Å². The fourth-order valence-corrected chi connectivity index (χ4v) is 1.21. The molecule has 0 saturated heterocycles. The number of nitrogens with zero attached hydrogens (tertiary/aromatic N) is 3. The number of aryl methyl sites for hydroxylation is 1. The summed E-state index contributed by atoms with van der Waals surface area (Å²) in [6, 6.07) is 2.85. The molecule has 1 aromatic heterocycles. The molecular weight excluding hydrogens is 207 g/mol. The van der Waals surface area contributed by atoms with Crippen LogP contribution in [0.1, 0.15) is 18.3 Å². The summed E-state index contributed by atoms with van der Waals surface area (Å²) in [5, 5.41) is 12.2. The fourth-order valence-electron chi connectivity index (χ4n) is 1.21. The van der Waals surface area contributed by atoms with E-state index in [0.717, 1.165) is 10.7 Å². The highest BCUT2D eigenvalue weighted by atomic mass is 19.4. The van der Waals surface area contributed by atoms with Crippen LogP contribution >= 0.6 is 0 Å². The molecule has 0 radical (unpaired) electrons. The maximum Gasteiger partial charge on any atom is 0.433 e. The summed E-state index contributed by atoms with van der Waals surface area (Å²) in [6.45, 7) is 3.00. The highest BCUT2D eigenvalue weighted by Crippen LogP contribution is 2.30. The van der Waals surface area contributed by atoms with Crippen LogP contribution in [0.4, 0.5) is 13.2 Å². The molecule has 0 spiro atoms. The van der Waals surface area contributed by atoms with E-state index in [1.54, 1.807) is 6.92 Å². The first-order valence-corrected chi connectivity index (χ1v) is 4.36. The van der Waals surface area contributed by atoms with E-state index < -0.39 is 17.8 Å². The van der Waals surface area contributed by atoms with Crippen LogP contribution < -0.4 is 0 Å². The molecule has 82 valence electrons. The lowest BCUT2D eigenvalue weighted by Crippen LogP contribution is -2.17. The van der Waals surface area contributed by atoms with Gasteiger partial charge in [0, 0.05) is 0 Å². The Morgan fingerprint density at radius 3 is 2.67 bits per heavy atom. The van der Waals surface area contributed by atoms with Gasteiger partial charge in [-0.1, -0.05) is 0 Å². The minimum Gasteiger partial charge on any atom is -0.259 e. The Kier molecular flexibility index (Phi) is 3.03. The van der Waals surface area contributed by atoms with Gasteiger partial charge in [-0.2, -0.15) is 23.5 Å². The summed E-state index contributed by atoms with van der Waals surface area (Å²) in [4.78, 5) is 0. The second kappa shape index (κ2) is 3.93. The first-order valence-electron chi connectivity index (χ1n) is 4.36. The molecule has 1 atom stereocenters. The minimum absolute atomic E-state index is 0.0425. The third-order valence-corrected chi connectivity index (χ3v) is 1.86. The van der Waals surface area contributed by atoms with E-state index >= 15 is 0 Å². The van der Waals surface area contributed by atoms with E-state index in [1.165, 1.54) is 6.92 Å². The van der Waals surface area contributed by atoms with Crippen LogP contribution in [0.5, 0.6) is 0 Å². The largest absolute Gasteiger partial charge is 0.433 e. The Labute approximate surface area is 85.1 Å². The fraction of sp³-hybridized carbons (Fsp3) is 0.556. The molecule has 15 heavy (non-hydrogen) atoms. The van der Waals surface area contributed by atoms with Crippen molar-refractivity contribution in [3.05, 3.63) is 17.5 Å². The zero-order valence-corrected chi connectivity index (χ0v) is 8.34. The zero-order chi connectivity index (χ0) is 11.6. The van der Waals surface area contributed by atoms with E-state index in [0.29, 0.717) is 5.69 Å². The van der Waals surface area contributed by atoms with Crippen LogP contribution in [0.2, 0.25) is 0 Å². The molecule has 0 saturated carbocycles. The Morgan fingerprint density at radius 2 is 2.20 bits per heavy atom. The molecule has 1 heterocycles. The summed E-state index contributed by atoms with van der Waals surface area (Å²) in [7, 11) is 0. The van der Waals surface area contributed by atoms with Crippen molar-refractivity contribution in [3.8, 4) is 6.07 Å². The lowest BCUT2D eigenvalue weighted by atomic mass is 10.2. The van der Waals surface area contributed by atoms with E-state index in [4.69, 9.17) is 5.26 Å². The highest BCUT2D eigenvalue weighted by molar-refractivity contribution is 5.12. The molecule has 0 aromatic carbocycles.